The average Bonchev–Trinajstić information content (AvgIpc) is 4.06. The van der Waals surface area contributed by atoms with E-state index in [1.54, 1.807) is 17.1 Å². The van der Waals surface area contributed by atoms with Crippen LogP contribution in [0.2, 0.25) is 0 Å². The van der Waals surface area contributed by atoms with E-state index in [0.717, 1.165) is 44.0 Å². The van der Waals surface area contributed by atoms with Crippen molar-refractivity contribution < 1.29 is 28.6 Å². The fourth-order valence-corrected chi connectivity index (χ4v) is 8.90. The summed E-state index contributed by atoms with van der Waals surface area (Å²) in [5.41, 5.74) is 5.85. The molecular formula is C52H51N7O6. The molecule has 2 amide bonds. The number of tetrazole rings is 1. The van der Waals surface area contributed by atoms with Crippen LogP contribution in [-0.2, 0) is 31.0 Å². The fourth-order valence-electron chi connectivity index (χ4n) is 8.90. The van der Waals surface area contributed by atoms with Crippen LogP contribution in [0.25, 0.3) is 22.5 Å². The molecule has 65 heavy (non-hydrogen) atoms. The first kappa shape index (κ1) is 44.3. The molecule has 0 aliphatic carbocycles. The van der Waals surface area contributed by atoms with E-state index in [1.165, 1.54) is 20.4 Å². The van der Waals surface area contributed by atoms with Gasteiger partial charge >= 0.3 is 5.97 Å². The highest BCUT2D eigenvalue weighted by Gasteiger charge is 2.44. The number of nitrogens with zero attached hydrogens (tertiary/aromatic N) is 7. The number of imide groups is 1. The zero-order valence-electron chi connectivity index (χ0n) is 36.7. The molecule has 1 aliphatic rings. The largest absolute Gasteiger partial charge is 0.468 e. The van der Waals surface area contributed by atoms with Crippen LogP contribution in [0.3, 0.4) is 0 Å². The molecule has 3 heterocycles. The quantitative estimate of drug-likeness (QED) is 0.0495. The number of aromatic nitrogens is 5. The number of amides is 2. The highest BCUT2D eigenvalue weighted by molar-refractivity contribution is 6.05. The molecular weight excluding hydrogens is 819 g/mol. The second kappa shape index (κ2) is 20.4. The van der Waals surface area contributed by atoms with Crippen LogP contribution in [0.4, 0.5) is 0 Å². The molecule has 1 aliphatic heterocycles. The lowest BCUT2D eigenvalue weighted by Gasteiger charge is -2.36. The van der Waals surface area contributed by atoms with Crippen molar-refractivity contribution in [2.24, 2.45) is 5.92 Å². The lowest BCUT2D eigenvalue weighted by atomic mass is 9.77. The van der Waals surface area contributed by atoms with Gasteiger partial charge in [-0.25, -0.2) is 14.7 Å². The molecule has 0 bridgehead atoms. The van der Waals surface area contributed by atoms with Crippen LogP contribution in [-0.4, -0.2) is 86.6 Å². The number of methoxy groups -OCH3 is 2. The first-order chi connectivity index (χ1) is 31.9. The SMILES string of the molecule is CCC[C@@H](Cc1ccc(-c2ccccc2-c2nnnn2C(c2ccccc2)(c2ccccc2)c2ccccc2)cc1)C(=O)N(C(=O)c1ccc(OCOC)nc1)N1CCC[C@H]1C(=O)OC. The van der Waals surface area contributed by atoms with Crippen LogP contribution >= 0.6 is 0 Å². The van der Waals surface area contributed by atoms with Crippen molar-refractivity contribution >= 4 is 17.8 Å². The second-order valence-corrected chi connectivity index (χ2v) is 15.9. The van der Waals surface area contributed by atoms with Crippen molar-refractivity contribution in [3.8, 4) is 28.4 Å². The number of pyridine rings is 1. The van der Waals surface area contributed by atoms with Crippen molar-refractivity contribution in [1.82, 2.24) is 35.2 Å². The van der Waals surface area contributed by atoms with Gasteiger partial charge in [0.05, 0.1) is 12.7 Å². The van der Waals surface area contributed by atoms with Gasteiger partial charge in [-0.05, 0) is 75.6 Å². The van der Waals surface area contributed by atoms with Gasteiger partial charge in [-0.2, -0.15) is 5.01 Å². The molecule has 5 aromatic carbocycles. The number of carbonyl (C=O) groups excluding carboxylic acids is 3. The lowest BCUT2D eigenvalue weighted by Crippen LogP contribution is -2.56. The molecule has 8 rings (SSSR count). The predicted molar refractivity (Wildman–Crippen MR) is 245 cm³/mol. The maximum atomic E-state index is 14.8. The lowest BCUT2D eigenvalue weighted by molar-refractivity contribution is -0.159. The van der Waals surface area contributed by atoms with Gasteiger partial charge in [0.1, 0.15) is 11.6 Å². The van der Waals surface area contributed by atoms with Crippen LogP contribution in [0, 0.1) is 5.92 Å². The summed E-state index contributed by atoms with van der Waals surface area (Å²) in [5, 5.41) is 16.5. The van der Waals surface area contributed by atoms with E-state index in [1.807, 2.05) is 109 Å². The van der Waals surface area contributed by atoms with Crippen molar-refractivity contribution in [3.05, 3.63) is 186 Å². The Kier molecular flexibility index (Phi) is 13.9. The fraction of sp³-hybridized carbons (Fsp3) is 0.250. The highest BCUT2D eigenvalue weighted by atomic mass is 16.7. The van der Waals surface area contributed by atoms with Crippen LogP contribution in [0.5, 0.6) is 5.88 Å². The number of ether oxygens (including phenoxy) is 3. The Morgan fingerprint density at radius 2 is 1.38 bits per heavy atom. The molecule has 0 unspecified atom stereocenters. The van der Waals surface area contributed by atoms with Gasteiger partial charge in [0.2, 0.25) is 11.8 Å². The van der Waals surface area contributed by atoms with E-state index in [9.17, 15) is 14.4 Å². The molecule has 7 aromatic rings. The smallest absolute Gasteiger partial charge is 0.324 e. The summed E-state index contributed by atoms with van der Waals surface area (Å²) >= 11 is 0. The van der Waals surface area contributed by atoms with Gasteiger partial charge in [-0.1, -0.05) is 153 Å². The highest BCUT2D eigenvalue weighted by Crippen LogP contribution is 2.43. The standard InChI is InChI=1S/C52H51N7O6/c1-4-17-39(49(60)58(57-33-16-26-46(57)51(62)64-3)50(61)40-31-32-47(53-35-40)65-36-63-2)34-37-27-29-38(30-28-37)44-24-14-15-25-45(44)48-54-55-56-59(48)52(41-18-8-5-9-19-41,42-20-10-6-11-21-42)43-22-12-7-13-23-43/h5-15,18-25,27-32,35,39,46H,4,16-17,26,33-34,36H2,1-3H3/t39-,46-/m0/s1. The molecule has 0 radical (unpaired) electrons. The van der Waals surface area contributed by atoms with E-state index in [-0.39, 0.29) is 18.2 Å². The van der Waals surface area contributed by atoms with Crippen molar-refractivity contribution in [2.75, 3.05) is 27.6 Å². The van der Waals surface area contributed by atoms with Gasteiger partial charge in [0, 0.05) is 37.4 Å². The maximum absolute atomic E-state index is 14.8. The third-order valence-electron chi connectivity index (χ3n) is 11.9. The van der Waals surface area contributed by atoms with Crippen molar-refractivity contribution in [3.63, 3.8) is 0 Å². The van der Waals surface area contributed by atoms with Crippen LogP contribution < -0.4 is 4.74 Å². The van der Waals surface area contributed by atoms with E-state index in [0.29, 0.717) is 44.5 Å². The summed E-state index contributed by atoms with van der Waals surface area (Å²) in [6.07, 6.45) is 4.00. The summed E-state index contributed by atoms with van der Waals surface area (Å²) in [4.78, 5) is 46.4. The van der Waals surface area contributed by atoms with Gasteiger partial charge in [-0.15, -0.1) is 5.10 Å². The molecule has 0 spiro atoms. The summed E-state index contributed by atoms with van der Waals surface area (Å²) < 4.78 is 17.4. The minimum absolute atomic E-state index is 0.00901. The molecule has 2 atom stereocenters. The molecule has 330 valence electrons. The third-order valence-corrected chi connectivity index (χ3v) is 11.9. The number of hydrogen-bond acceptors (Lipinski definition) is 11. The Bertz CT molecular complexity index is 2580. The molecule has 1 fully saturated rings. The summed E-state index contributed by atoms with van der Waals surface area (Å²) in [7, 11) is 2.81. The van der Waals surface area contributed by atoms with Crippen LogP contribution in [0.15, 0.2) is 158 Å². The third kappa shape index (κ3) is 9.06. The van der Waals surface area contributed by atoms with Gasteiger partial charge in [0.15, 0.2) is 12.6 Å². The van der Waals surface area contributed by atoms with E-state index >= 15 is 0 Å². The maximum Gasteiger partial charge on any atom is 0.324 e. The van der Waals surface area contributed by atoms with Crippen molar-refractivity contribution in [1.29, 1.82) is 0 Å². The number of benzene rings is 5. The monoisotopic (exact) mass is 869 g/mol. The predicted octanol–water partition coefficient (Wildman–Crippen LogP) is 8.41. The molecule has 0 N–H and O–H groups in total. The Labute approximate surface area is 378 Å². The molecule has 13 nitrogen and oxygen atoms in total. The van der Waals surface area contributed by atoms with E-state index in [2.05, 4.69) is 52.7 Å². The summed E-state index contributed by atoms with van der Waals surface area (Å²) in [6.45, 7) is 2.34. The molecule has 2 aromatic heterocycles. The van der Waals surface area contributed by atoms with Crippen LogP contribution in [0.1, 0.15) is 65.2 Å². The number of hydrazine groups is 1. The zero-order valence-corrected chi connectivity index (χ0v) is 36.7. The van der Waals surface area contributed by atoms with Gasteiger partial charge < -0.3 is 14.2 Å². The average molecular weight is 870 g/mol. The van der Waals surface area contributed by atoms with E-state index < -0.39 is 35.3 Å². The van der Waals surface area contributed by atoms with Gasteiger partial charge in [0.25, 0.3) is 5.91 Å². The minimum Gasteiger partial charge on any atom is -0.468 e. The Balaban J connectivity index is 1.13. The molecule has 0 saturated carbocycles. The molecule has 1 saturated heterocycles. The summed E-state index contributed by atoms with van der Waals surface area (Å²) in [5.74, 6) is -1.21. The zero-order chi connectivity index (χ0) is 45.2. The number of esters is 1. The number of rotatable bonds is 17. The Morgan fingerprint density at radius 3 is 1.95 bits per heavy atom. The van der Waals surface area contributed by atoms with Gasteiger partial charge in [-0.3, -0.25) is 14.4 Å². The normalized spacial score (nSPS) is 14.4. The first-order valence-corrected chi connectivity index (χ1v) is 21.8. The Hall–Kier alpha value is -7.35. The van der Waals surface area contributed by atoms with Crippen molar-refractivity contribution in [2.45, 2.75) is 50.6 Å². The molecule has 13 heteroatoms. The number of carbonyl (C=O) groups is 3. The topological polar surface area (TPSA) is 142 Å². The number of hydrogen-bond donors (Lipinski definition) is 0. The Morgan fingerprint density at radius 1 is 0.769 bits per heavy atom. The van der Waals surface area contributed by atoms with E-state index in [4.69, 9.17) is 24.5 Å². The second-order valence-electron chi connectivity index (χ2n) is 15.9. The minimum atomic E-state index is -0.930. The summed E-state index contributed by atoms with van der Waals surface area (Å²) in [6, 6.07) is 49.4. The first-order valence-electron chi connectivity index (χ1n) is 21.8.